The van der Waals surface area contributed by atoms with Crippen LogP contribution in [0.15, 0.2) is 24.3 Å². The van der Waals surface area contributed by atoms with Gasteiger partial charge in [0.25, 0.3) is 5.91 Å². The Morgan fingerprint density at radius 3 is 2.38 bits per heavy atom. The van der Waals surface area contributed by atoms with Crippen LogP contribution in [-0.2, 0) is 4.79 Å². The molecule has 0 aliphatic heterocycles. The summed E-state index contributed by atoms with van der Waals surface area (Å²) in [5.41, 5.74) is -0.255. The minimum absolute atomic E-state index is 0.134. The zero-order chi connectivity index (χ0) is 23.8. The van der Waals surface area contributed by atoms with E-state index in [1.807, 2.05) is 13.8 Å². The van der Waals surface area contributed by atoms with Crippen LogP contribution in [0.4, 0.5) is 5.69 Å². The van der Waals surface area contributed by atoms with Gasteiger partial charge in [-0.3, -0.25) is 19.7 Å². The summed E-state index contributed by atoms with van der Waals surface area (Å²) < 4.78 is 0. The van der Waals surface area contributed by atoms with Crippen LogP contribution in [0.25, 0.3) is 10.8 Å². The minimum atomic E-state index is -0.796. The summed E-state index contributed by atoms with van der Waals surface area (Å²) in [4.78, 5) is 38.9. The molecule has 9 nitrogen and oxygen atoms in total. The summed E-state index contributed by atoms with van der Waals surface area (Å²) in [5.74, 6) is -1.50. The van der Waals surface area contributed by atoms with Crippen LogP contribution in [0.3, 0.4) is 0 Å². The predicted molar refractivity (Wildman–Crippen MR) is 122 cm³/mol. The average molecular weight is 446 g/mol. The van der Waals surface area contributed by atoms with Gasteiger partial charge in [-0.1, -0.05) is 13.3 Å². The summed E-state index contributed by atoms with van der Waals surface area (Å²) in [6.45, 7) is 5.56. The maximum absolute atomic E-state index is 13.0. The molecular formula is C23H31N3O6. The lowest BCUT2D eigenvalue weighted by atomic mass is 10.0. The Balaban J connectivity index is 2.06. The number of aromatic hydroxyl groups is 2. The lowest BCUT2D eigenvalue weighted by Gasteiger charge is -2.22. The van der Waals surface area contributed by atoms with Crippen molar-refractivity contribution in [2.24, 2.45) is 0 Å². The number of nitro benzene ring substituents is 1. The number of carbonyl (C=O) groups excluding carboxylic acids is 2. The molecule has 2 N–H and O–H groups in total. The highest BCUT2D eigenvalue weighted by molar-refractivity contribution is 6.02. The fourth-order valence-electron chi connectivity index (χ4n) is 3.56. The average Bonchev–Trinajstić information content (AvgIpc) is 2.77. The number of hydrogen-bond acceptors (Lipinski definition) is 6. The first kappa shape index (κ1) is 24.9. The van der Waals surface area contributed by atoms with E-state index in [0.29, 0.717) is 37.0 Å². The van der Waals surface area contributed by atoms with Crippen LogP contribution in [0.2, 0.25) is 0 Å². The molecule has 0 spiro atoms. The lowest BCUT2D eigenvalue weighted by molar-refractivity contribution is -0.384. The first-order valence-corrected chi connectivity index (χ1v) is 10.9. The summed E-state index contributed by atoms with van der Waals surface area (Å²) in [6.07, 6.45) is 3.93. The largest absolute Gasteiger partial charge is 0.504 e. The summed E-state index contributed by atoms with van der Waals surface area (Å²) in [7, 11) is 1.79. The molecule has 2 aromatic rings. The van der Waals surface area contributed by atoms with Crippen LogP contribution < -0.4 is 0 Å². The van der Waals surface area contributed by atoms with Gasteiger partial charge in [0.15, 0.2) is 5.75 Å². The number of unbranched alkanes of at least 4 members (excludes halogenated alkanes) is 2. The van der Waals surface area contributed by atoms with Crippen molar-refractivity contribution < 1.29 is 24.7 Å². The quantitative estimate of drug-likeness (QED) is 0.233. The molecule has 0 fully saturated rings. The number of hydrogen-bond donors (Lipinski definition) is 2. The highest BCUT2D eigenvalue weighted by Gasteiger charge is 2.23. The monoisotopic (exact) mass is 445 g/mol. The van der Waals surface area contributed by atoms with Crippen molar-refractivity contribution in [2.75, 3.05) is 26.7 Å². The molecule has 0 radical (unpaired) electrons. The Kier molecular flexibility index (Phi) is 8.80. The number of fused-ring (bicyclic) bond motifs is 1. The fraction of sp³-hybridized carbons (Fsp3) is 0.478. The second-order valence-electron chi connectivity index (χ2n) is 7.80. The first-order valence-electron chi connectivity index (χ1n) is 10.9. The topological polar surface area (TPSA) is 124 Å². The van der Waals surface area contributed by atoms with E-state index in [-0.39, 0.29) is 17.2 Å². The number of phenolic OH excluding ortho intramolecular Hbond substituents is 2. The highest BCUT2D eigenvalue weighted by atomic mass is 16.6. The molecule has 2 rings (SSSR count). The second kappa shape index (κ2) is 11.3. The number of rotatable bonds is 11. The van der Waals surface area contributed by atoms with Crippen molar-refractivity contribution in [3.63, 3.8) is 0 Å². The summed E-state index contributed by atoms with van der Waals surface area (Å²) in [5, 5.41) is 31.4. The van der Waals surface area contributed by atoms with Gasteiger partial charge in [0, 0.05) is 38.7 Å². The maximum atomic E-state index is 13.0. The van der Waals surface area contributed by atoms with E-state index in [0.717, 1.165) is 25.7 Å². The Bertz CT molecular complexity index is 991. The fourth-order valence-corrected chi connectivity index (χ4v) is 3.56. The molecule has 0 bridgehead atoms. The molecule has 0 aromatic heterocycles. The van der Waals surface area contributed by atoms with Crippen LogP contribution in [0.1, 0.15) is 56.3 Å². The molecule has 0 aliphatic carbocycles. The third-order valence-corrected chi connectivity index (χ3v) is 5.51. The number of carbonyl (C=O) groups is 2. The molecule has 0 heterocycles. The third kappa shape index (κ3) is 5.87. The molecule has 2 amide bonds. The van der Waals surface area contributed by atoms with E-state index in [2.05, 4.69) is 0 Å². The van der Waals surface area contributed by atoms with Crippen molar-refractivity contribution in [3.8, 4) is 11.5 Å². The molecule has 9 heteroatoms. The Labute approximate surface area is 187 Å². The second-order valence-corrected chi connectivity index (χ2v) is 7.80. The van der Waals surface area contributed by atoms with Gasteiger partial charge in [-0.2, -0.15) is 0 Å². The van der Waals surface area contributed by atoms with Gasteiger partial charge >= 0.3 is 5.69 Å². The van der Waals surface area contributed by atoms with E-state index >= 15 is 0 Å². The molecule has 0 aliphatic rings. The van der Waals surface area contributed by atoms with Crippen molar-refractivity contribution in [1.29, 1.82) is 0 Å². The van der Waals surface area contributed by atoms with E-state index < -0.39 is 22.1 Å². The van der Waals surface area contributed by atoms with Crippen LogP contribution in [0.5, 0.6) is 11.5 Å². The zero-order valence-electron chi connectivity index (χ0n) is 18.8. The van der Waals surface area contributed by atoms with Crippen molar-refractivity contribution in [3.05, 3.63) is 39.9 Å². The Morgan fingerprint density at radius 2 is 1.75 bits per heavy atom. The molecule has 0 saturated carbocycles. The van der Waals surface area contributed by atoms with Gasteiger partial charge in [0.05, 0.1) is 10.3 Å². The Hall–Kier alpha value is -3.36. The first-order chi connectivity index (χ1) is 15.2. The van der Waals surface area contributed by atoms with Gasteiger partial charge in [-0.15, -0.1) is 0 Å². The van der Waals surface area contributed by atoms with Crippen LogP contribution in [0, 0.1) is 10.1 Å². The smallest absolute Gasteiger partial charge is 0.322 e. The van der Waals surface area contributed by atoms with Gasteiger partial charge < -0.3 is 20.0 Å². The van der Waals surface area contributed by atoms with Gasteiger partial charge in [0.1, 0.15) is 0 Å². The molecule has 2 aromatic carbocycles. The van der Waals surface area contributed by atoms with E-state index in [4.69, 9.17) is 0 Å². The van der Waals surface area contributed by atoms with Crippen LogP contribution >= 0.6 is 0 Å². The lowest BCUT2D eigenvalue weighted by Crippen LogP contribution is -2.33. The summed E-state index contributed by atoms with van der Waals surface area (Å²) >= 11 is 0. The van der Waals surface area contributed by atoms with Crippen molar-refractivity contribution >= 4 is 28.3 Å². The van der Waals surface area contributed by atoms with Gasteiger partial charge in [-0.05, 0) is 55.8 Å². The highest BCUT2D eigenvalue weighted by Crippen LogP contribution is 2.41. The predicted octanol–water partition coefficient (Wildman–Crippen LogP) is 4.05. The standard InChI is InChI=1S/C23H31N3O6/c1-4-6-9-20(28)24(3)12-7-8-13-25(5-2)23(30)16-10-11-18-17(14-16)15-19(27)22(29)21(18)26(31)32/h10-11,14-15,27,29H,4-9,12-13H2,1-3H3. The molecule has 174 valence electrons. The van der Waals surface area contributed by atoms with Crippen molar-refractivity contribution in [1.82, 2.24) is 9.80 Å². The molecular weight excluding hydrogens is 414 g/mol. The summed E-state index contributed by atoms with van der Waals surface area (Å²) in [6, 6.07) is 5.57. The number of nitro groups is 1. The number of amides is 2. The zero-order valence-corrected chi connectivity index (χ0v) is 18.8. The number of phenols is 2. The third-order valence-electron chi connectivity index (χ3n) is 5.51. The van der Waals surface area contributed by atoms with E-state index in [1.54, 1.807) is 16.8 Å². The van der Waals surface area contributed by atoms with Gasteiger partial charge in [-0.25, -0.2) is 0 Å². The minimum Gasteiger partial charge on any atom is -0.504 e. The molecule has 0 unspecified atom stereocenters. The van der Waals surface area contributed by atoms with Crippen LogP contribution in [-0.4, -0.2) is 63.4 Å². The van der Waals surface area contributed by atoms with Crippen molar-refractivity contribution in [2.45, 2.75) is 46.0 Å². The molecule has 0 atom stereocenters. The van der Waals surface area contributed by atoms with E-state index in [1.165, 1.54) is 24.3 Å². The number of nitrogens with zero attached hydrogens (tertiary/aromatic N) is 3. The Morgan fingerprint density at radius 1 is 1.06 bits per heavy atom. The molecule has 0 saturated heterocycles. The molecule has 32 heavy (non-hydrogen) atoms. The maximum Gasteiger partial charge on any atom is 0.322 e. The van der Waals surface area contributed by atoms with E-state index in [9.17, 15) is 29.9 Å². The SMILES string of the molecule is CCCCC(=O)N(C)CCCCN(CC)C(=O)c1ccc2c([N+](=O)[O-])c(O)c(O)cc2c1. The number of benzene rings is 2. The normalized spacial score (nSPS) is 10.8. The van der Waals surface area contributed by atoms with Gasteiger partial charge in [0.2, 0.25) is 11.7 Å².